The predicted octanol–water partition coefficient (Wildman–Crippen LogP) is 6.58. The summed E-state index contributed by atoms with van der Waals surface area (Å²) in [6.07, 6.45) is 0. The maximum atomic E-state index is 13.0. The van der Waals surface area contributed by atoms with Crippen molar-refractivity contribution < 1.29 is 35.2 Å². The van der Waals surface area contributed by atoms with E-state index in [4.69, 9.17) is 15.2 Å². The van der Waals surface area contributed by atoms with E-state index < -0.39 is 22.1 Å². The average Bonchev–Trinajstić information content (AvgIpc) is 2.84. The van der Waals surface area contributed by atoms with Gasteiger partial charge < -0.3 is 27.4 Å². The van der Waals surface area contributed by atoms with E-state index in [9.17, 15) is 8.42 Å². The molecular weight excluding hydrogens is 549 g/mol. The molecule has 3 rings (SSSR count). The van der Waals surface area contributed by atoms with Crippen molar-refractivity contribution in [2.24, 2.45) is 0 Å². The number of nitrogens with zero attached hydrogens (tertiary/aromatic N) is 1. The molecule has 0 fully saturated rings. The summed E-state index contributed by atoms with van der Waals surface area (Å²) in [5.74, 6) is 0.689. The fourth-order valence-electron chi connectivity index (χ4n) is 3.18. The number of hydrogen-bond acceptors (Lipinski definition) is 4. The van der Waals surface area contributed by atoms with Crippen molar-refractivity contribution >= 4 is 19.7 Å². The van der Waals surface area contributed by atoms with E-state index in [1.807, 2.05) is 65.8 Å². The Balaban J connectivity index is 0.00000177. The van der Waals surface area contributed by atoms with E-state index in [1.54, 1.807) is 30.3 Å². The normalized spacial score (nSPS) is 12.4. The van der Waals surface area contributed by atoms with Crippen molar-refractivity contribution in [3.8, 4) is 11.5 Å². The van der Waals surface area contributed by atoms with Crippen molar-refractivity contribution in [2.75, 3.05) is 14.2 Å². The van der Waals surface area contributed by atoms with Gasteiger partial charge in [0.1, 0.15) is 11.5 Å². The Kier molecular flexibility index (Phi) is 12.6. The summed E-state index contributed by atoms with van der Waals surface area (Å²) >= 11 is 1.82. The number of benzene rings is 3. The molecule has 3 aromatic carbocycles. The molecule has 0 aliphatic carbocycles. The van der Waals surface area contributed by atoms with Gasteiger partial charge in [-0.05, 0) is 17.7 Å². The third-order valence-electron chi connectivity index (χ3n) is 4.65. The number of sulfonamides is 1. The number of hydrogen-bond donors (Lipinski definition) is 0. The van der Waals surface area contributed by atoms with Crippen LogP contribution in [0, 0.1) is 7.43 Å². The monoisotopic (exact) mass is 576 g/mol. The Morgan fingerprint density at radius 3 is 1.79 bits per heavy atom. The van der Waals surface area contributed by atoms with Gasteiger partial charge in [-0.15, -0.1) is 12.1 Å². The van der Waals surface area contributed by atoms with E-state index >= 15 is 0 Å². The molecule has 1 N–H and O–H groups in total. The van der Waals surface area contributed by atoms with Crippen LogP contribution < -0.4 is 9.47 Å². The summed E-state index contributed by atoms with van der Waals surface area (Å²) in [7, 11) is 3.69. The Hall–Kier alpha value is -1.96. The molecule has 0 heterocycles. The van der Waals surface area contributed by atoms with Crippen molar-refractivity contribution in [1.82, 2.24) is 0 Å². The molecule has 33 heavy (non-hydrogen) atoms. The van der Waals surface area contributed by atoms with Gasteiger partial charge in [0.15, 0.2) is 0 Å². The fourth-order valence-corrected chi connectivity index (χ4v) is 4.43. The number of nitrogens with one attached hydrogen (secondary N) is 1. The van der Waals surface area contributed by atoms with Crippen LogP contribution in [0.3, 0.4) is 0 Å². The molecule has 0 saturated carbocycles. The second kappa shape index (κ2) is 14.3. The first-order valence-electron chi connectivity index (χ1n) is 9.53. The van der Waals surface area contributed by atoms with E-state index in [1.165, 1.54) is 14.2 Å². The molecule has 0 radical (unpaired) electrons. The minimum atomic E-state index is -3.89. The first-order valence-corrected chi connectivity index (χ1v) is 13.4. The molecule has 0 bridgehead atoms. The van der Waals surface area contributed by atoms with Gasteiger partial charge in [0, 0.05) is 6.07 Å². The molecule has 3 aromatic rings. The zero-order valence-corrected chi connectivity index (χ0v) is 21.9. The average molecular weight is 576 g/mol. The van der Waals surface area contributed by atoms with E-state index in [0.29, 0.717) is 28.2 Å². The molecule has 0 spiro atoms. The zero-order chi connectivity index (χ0) is 23.6. The Morgan fingerprint density at radius 1 is 0.879 bits per heavy atom. The summed E-state index contributed by atoms with van der Waals surface area (Å²) in [6, 6.07) is 21.4. The first-order chi connectivity index (χ1) is 15.4. The summed E-state index contributed by atoms with van der Waals surface area (Å²) in [5.41, 5.74) is 10.6. The number of rotatable bonds is 9. The zero-order valence-electron chi connectivity index (χ0n) is 18.6. The third-order valence-corrected chi connectivity index (χ3v) is 5.90. The summed E-state index contributed by atoms with van der Waals surface area (Å²) in [6.45, 7) is 0. The second-order valence-electron chi connectivity index (χ2n) is 6.80. The molecule has 2 unspecified atom stereocenters. The molecular formula is C24H27ClN2O4RuS. The third kappa shape index (κ3) is 8.72. The molecule has 178 valence electrons. The van der Waals surface area contributed by atoms with Crippen LogP contribution >= 0.6 is 9.69 Å². The molecule has 2 atom stereocenters. The van der Waals surface area contributed by atoms with Crippen molar-refractivity contribution in [1.29, 1.82) is 0 Å². The second-order valence-corrected chi connectivity index (χ2v) is 8.46. The van der Waals surface area contributed by atoms with Gasteiger partial charge in [0.05, 0.1) is 30.0 Å². The van der Waals surface area contributed by atoms with Crippen LogP contribution in [-0.2, 0) is 33.1 Å². The first kappa shape index (κ1) is 29.1. The molecule has 0 saturated heterocycles. The maximum absolute atomic E-state index is 13.0. The molecule has 6 nitrogen and oxygen atoms in total. The van der Waals surface area contributed by atoms with E-state index in [-0.39, 0.29) is 13.2 Å². The van der Waals surface area contributed by atoms with Gasteiger partial charge in [-0.3, -0.25) is 0 Å². The van der Waals surface area contributed by atoms with Gasteiger partial charge in [-0.1, -0.05) is 71.8 Å². The van der Waals surface area contributed by atoms with Crippen LogP contribution in [0.15, 0.2) is 78.9 Å². The Labute approximate surface area is 211 Å². The summed E-state index contributed by atoms with van der Waals surface area (Å²) in [4.78, 5) is 0. The van der Waals surface area contributed by atoms with Gasteiger partial charge in [-0.25, -0.2) is 8.42 Å². The quantitative estimate of drug-likeness (QED) is 0.213. The molecule has 0 aliphatic rings. The predicted molar refractivity (Wildman–Crippen MR) is 130 cm³/mol. The Morgan fingerprint density at radius 2 is 1.33 bits per heavy atom. The van der Waals surface area contributed by atoms with Gasteiger partial charge in [-0.2, -0.15) is 0 Å². The van der Waals surface area contributed by atoms with Crippen molar-refractivity contribution in [3.05, 3.63) is 113 Å². The summed E-state index contributed by atoms with van der Waals surface area (Å²) < 4.78 is 40.6. The topological polar surface area (TPSA) is 90.5 Å². The van der Waals surface area contributed by atoms with E-state index in [0.717, 1.165) is 0 Å². The van der Waals surface area contributed by atoms with Crippen LogP contribution in [0.1, 0.15) is 28.8 Å². The minimum absolute atomic E-state index is 0. The van der Waals surface area contributed by atoms with Crippen molar-refractivity contribution in [3.63, 3.8) is 0 Å². The number of ether oxygens (including phenoxy) is 2. The van der Waals surface area contributed by atoms with Crippen molar-refractivity contribution in [2.45, 2.75) is 17.8 Å². The Bertz CT molecular complexity index is 1050. The summed E-state index contributed by atoms with van der Waals surface area (Å²) in [5, 5.41) is 0. The molecule has 9 heteroatoms. The van der Waals surface area contributed by atoms with Crippen LogP contribution in [0.5, 0.6) is 11.5 Å². The molecule has 0 aromatic heterocycles. The SMILES string of the molecule is COc1cc(CS(=O)(=O)[N-]C(c2ccccc2)C([NH-])c2ccccc2)cc(OC)c1.[CH3-].[Cl][Ru+3]. The van der Waals surface area contributed by atoms with Crippen LogP contribution in [-0.4, -0.2) is 22.6 Å². The van der Waals surface area contributed by atoms with Crippen LogP contribution in [0.2, 0.25) is 0 Å². The number of halogens is 1. The fraction of sp³-hybridized carbons (Fsp3) is 0.208. The molecule has 0 amide bonds. The van der Waals surface area contributed by atoms with Gasteiger partial charge in [0.25, 0.3) is 0 Å². The van der Waals surface area contributed by atoms with Crippen LogP contribution in [0.25, 0.3) is 10.5 Å². The van der Waals surface area contributed by atoms with Gasteiger partial charge >= 0.3 is 27.0 Å². The standard InChI is InChI=1S/C23H24N2O4S.CH3.ClH.Ru/c1-28-20-13-17(14-21(15-20)29-2)16-30(26,27)25-23(19-11-7-4-8-12-19)22(24)18-9-5-3-6-10-18;;;/h3-15,22-24H,16H2,1-2H3;1H3;1H;/q-2;-1;;+4/p-1. The molecule has 0 aliphatic heterocycles. The van der Waals surface area contributed by atoms with Gasteiger partial charge in [0.2, 0.25) is 0 Å². The van der Waals surface area contributed by atoms with E-state index in [2.05, 4.69) is 14.4 Å². The number of methoxy groups -OCH3 is 2. The van der Waals surface area contributed by atoms with Crippen LogP contribution in [0.4, 0.5) is 0 Å².